The van der Waals surface area contributed by atoms with E-state index >= 15 is 0 Å². The van der Waals surface area contributed by atoms with Crippen LogP contribution in [0.3, 0.4) is 0 Å². The van der Waals surface area contributed by atoms with Crippen molar-refractivity contribution in [3.05, 3.63) is 126 Å². The predicted octanol–water partition coefficient (Wildman–Crippen LogP) is 13.7. The summed E-state index contributed by atoms with van der Waals surface area (Å²) in [6.45, 7) is 5.22. The van der Waals surface area contributed by atoms with E-state index in [0.29, 0.717) is 6.61 Å². The maximum absolute atomic E-state index is 7.55. The maximum Gasteiger partial charge on any atom is 0.135 e. The van der Waals surface area contributed by atoms with E-state index in [0.717, 1.165) is 59.9 Å². The third kappa shape index (κ3) is 9.54. The molecule has 0 bridgehead atoms. The van der Waals surface area contributed by atoms with Crippen LogP contribution in [0, 0.1) is 0 Å². The fraction of sp³-hybridized carbons (Fsp3) is 0.370. The summed E-state index contributed by atoms with van der Waals surface area (Å²) in [5.74, 6) is 1.08. The second kappa shape index (κ2) is 17.8. The van der Waals surface area contributed by atoms with Gasteiger partial charge in [-0.15, -0.1) is 0 Å². The molecule has 3 heteroatoms. The molecule has 0 N–H and O–H groups in total. The van der Waals surface area contributed by atoms with Crippen molar-refractivity contribution < 1.29 is 13.7 Å². The van der Waals surface area contributed by atoms with Crippen LogP contribution in [-0.2, 0) is 12.8 Å². The number of benzene rings is 7. The summed E-state index contributed by atoms with van der Waals surface area (Å²) in [6, 6.07) is 43.5. The standard InChI is InChI=1S/C54H66N2O/c1-8-9-10-11-12-21-36-57-54-50(52-46-30-17-13-24-40(46)37-41-25-14-18-31-47(41)52)44(28-22-34-55(2,3)4)39-45(29-23-35-56(5,6)7)51(54)53-48-32-19-15-26-42(48)38-43-27-16-20-33-49(43)53/h13-20,24-27,30-33,37-39H,8-12,21-23,28-29,34-36H2,1-7H3/q+2. The van der Waals surface area contributed by atoms with Crippen LogP contribution in [0.5, 0.6) is 5.75 Å². The fourth-order valence-electron chi connectivity index (χ4n) is 8.97. The van der Waals surface area contributed by atoms with Crippen LogP contribution in [-0.4, -0.2) is 70.9 Å². The molecule has 0 spiro atoms. The van der Waals surface area contributed by atoms with Crippen molar-refractivity contribution in [2.45, 2.75) is 71.1 Å². The van der Waals surface area contributed by atoms with Gasteiger partial charge in [-0.1, -0.05) is 142 Å². The van der Waals surface area contributed by atoms with E-state index in [1.165, 1.54) is 109 Å². The third-order valence-electron chi connectivity index (χ3n) is 11.8. The molecule has 0 saturated carbocycles. The van der Waals surface area contributed by atoms with Crippen LogP contribution in [0.15, 0.2) is 115 Å². The zero-order valence-electron chi connectivity index (χ0n) is 36.0. The monoisotopic (exact) mass is 759 g/mol. The molecule has 7 rings (SSSR count). The Balaban J connectivity index is 1.59. The molecular formula is C54H66N2O+2. The molecule has 57 heavy (non-hydrogen) atoms. The Hall–Kier alpha value is -4.70. The second-order valence-corrected chi connectivity index (χ2v) is 18.5. The highest BCUT2D eigenvalue weighted by Gasteiger charge is 2.27. The van der Waals surface area contributed by atoms with E-state index in [1.54, 1.807) is 0 Å². The van der Waals surface area contributed by atoms with Crippen molar-refractivity contribution in [2.24, 2.45) is 0 Å². The minimum Gasteiger partial charge on any atom is -0.492 e. The first-order valence-electron chi connectivity index (χ1n) is 21.8. The summed E-state index contributed by atoms with van der Waals surface area (Å²) in [7, 11) is 13.9. The number of aryl methyl sites for hydroxylation is 2. The molecule has 0 aliphatic heterocycles. The molecule has 0 amide bonds. The van der Waals surface area contributed by atoms with Gasteiger partial charge in [0.2, 0.25) is 0 Å². The highest BCUT2D eigenvalue weighted by molar-refractivity contribution is 6.18. The van der Waals surface area contributed by atoms with Crippen LogP contribution in [0.4, 0.5) is 0 Å². The van der Waals surface area contributed by atoms with Gasteiger partial charge < -0.3 is 13.7 Å². The largest absolute Gasteiger partial charge is 0.492 e. The summed E-state index contributed by atoms with van der Waals surface area (Å²) < 4.78 is 9.44. The van der Waals surface area contributed by atoms with Gasteiger partial charge in [-0.25, -0.2) is 0 Å². The zero-order chi connectivity index (χ0) is 40.0. The molecule has 0 radical (unpaired) electrons. The molecule has 0 atom stereocenters. The first kappa shape index (κ1) is 40.5. The topological polar surface area (TPSA) is 9.23 Å². The lowest BCUT2D eigenvalue weighted by atomic mass is 9.81. The van der Waals surface area contributed by atoms with Gasteiger partial charge in [-0.3, -0.25) is 0 Å². The lowest BCUT2D eigenvalue weighted by molar-refractivity contribution is -0.870. The first-order chi connectivity index (χ1) is 27.5. The van der Waals surface area contributed by atoms with Gasteiger partial charge in [0.25, 0.3) is 0 Å². The molecule has 0 heterocycles. The third-order valence-corrected chi connectivity index (χ3v) is 11.8. The molecule has 7 aromatic rings. The maximum atomic E-state index is 7.55. The highest BCUT2D eigenvalue weighted by atomic mass is 16.5. The van der Waals surface area contributed by atoms with Crippen molar-refractivity contribution in [2.75, 3.05) is 62.0 Å². The minimum absolute atomic E-state index is 0.707. The van der Waals surface area contributed by atoms with Crippen LogP contribution < -0.4 is 4.74 Å². The lowest BCUT2D eigenvalue weighted by Gasteiger charge is -2.28. The van der Waals surface area contributed by atoms with Gasteiger partial charge >= 0.3 is 0 Å². The lowest BCUT2D eigenvalue weighted by Crippen LogP contribution is -2.35. The predicted molar refractivity (Wildman–Crippen MR) is 249 cm³/mol. The molecule has 3 nitrogen and oxygen atoms in total. The Morgan fingerprint density at radius 2 is 0.772 bits per heavy atom. The molecule has 0 saturated heterocycles. The van der Waals surface area contributed by atoms with Crippen LogP contribution in [0.1, 0.15) is 69.4 Å². The summed E-state index contributed by atoms with van der Waals surface area (Å²) in [5.41, 5.74) is 8.03. The summed E-state index contributed by atoms with van der Waals surface area (Å²) in [4.78, 5) is 0. The van der Waals surface area contributed by atoms with E-state index in [4.69, 9.17) is 4.74 Å². The summed E-state index contributed by atoms with van der Waals surface area (Å²) in [5, 5.41) is 10.3. The van der Waals surface area contributed by atoms with E-state index in [-0.39, 0.29) is 0 Å². The Morgan fingerprint density at radius 3 is 1.16 bits per heavy atom. The van der Waals surface area contributed by atoms with Crippen molar-refractivity contribution in [1.82, 2.24) is 0 Å². The molecular weight excluding hydrogens is 693 g/mol. The van der Waals surface area contributed by atoms with E-state index in [2.05, 4.69) is 164 Å². The highest BCUT2D eigenvalue weighted by Crippen LogP contribution is 2.51. The number of fused-ring (bicyclic) bond motifs is 4. The van der Waals surface area contributed by atoms with Crippen LogP contribution in [0.25, 0.3) is 65.3 Å². The summed E-state index contributed by atoms with van der Waals surface area (Å²) >= 11 is 0. The Kier molecular flexibility index (Phi) is 12.7. The molecule has 0 aliphatic carbocycles. The number of nitrogens with zero attached hydrogens (tertiary/aromatic N) is 2. The van der Waals surface area contributed by atoms with E-state index in [1.807, 2.05) is 0 Å². The molecule has 0 aromatic heterocycles. The van der Waals surface area contributed by atoms with Crippen molar-refractivity contribution in [3.8, 4) is 28.0 Å². The van der Waals surface area contributed by atoms with Gasteiger partial charge in [0, 0.05) is 35.1 Å². The molecule has 0 fully saturated rings. The van der Waals surface area contributed by atoms with E-state index in [9.17, 15) is 0 Å². The van der Waals surface area contributed by atoms with Crippen LogP contribution >= 0.6 is 0 Å². The minimum atomic E-state index is 0.707. The van der Waals surface area contributed by atoms with E-state index < -0.39 is 0 Å². The molecule has 296 valence electrons. The first-order valence-corrected chi connectivity index (χ1v) is 21.8. The molecule has 0 aliphatic rings. The normalized spacial score (nSPS) is 12.3. The Bertz CT molecular complexity index is 2190. The Labute approximate surface area is 343 Å². The van der Waals surface area contributed by atoms with Gasteiger partial charge in [0.05, 0.1) is 62.0 Å². The number of ether oxygens (including phenoxy) is 1. The van der Waals surface area contributed by atoms with Crippen molar-refractivity contribution in [1.29, 1.82) is 0 Å². The quantitative estimate of drug-likeness (QED) is 0.0481. The SMILES string of the molecule is CCCCCCCCOc1c(-c2c3ccccc3cc3ccccc23)c(CCC[N+](C)(C)C)cc(CCC[N+](C)(C)C)c1-c1c2ccccc2cc2ccccc12. The number of unbranched alkanes of at least 4 members (excludes halogenated alkanes) is 5. The second-order valence-electron chi connectivity index (χ2n) is 18.5. The van der Waals surface area contributed by atoms with Gasteiger partial charge in [-0.05, 0) is 85.6 Å². The van der Waals surface area contributed by atoms with Gasteiger partial charge in [0.1, 0.15) is 5.75 Å². The number of quaternary nitrogens is 2. The average molecular weight is 759 g/mol. The number of rotatable bonds is 18. The van der Waals surface area contributed by atoms with Crippen LogP contribution in [0.2, 0.25) is 0 Å². The number of hydrogen-bond acceptors (Lipinski definition) is 1. The molecule has 7 aromatic carbocycles. The zero-order valence-corrected chi connectivity index (χ0v) is 36.0. The smallest absolute Gasteiger partial charge is 0.135 e. The Morgan fingerprint density at radius 1 is 0.404 bits per heavy atom. The van der Waals surface area contributed by atoms with Gasteiger partial charge in [0.15, 0.2) is 0 Å². The van der Waals surface area contributed by atoms with Crippen molar-refractivity contribution in [3.63, 3.8) is 0 Å². The molecule has 0 unspecified atom stereocenters. The van der Waals surface area contributed by atoms with Crippen molar-refractivity contribution >= 4 is 43.1 Å². The number of hydrogen-bond donors (Lipinski definition) is 0. The summed E-state index contributed by atoms with van der Waals surface area (Å²) in [6.07, 6.45) is 11.6. The van der Waals surface area contributed by atoms with Gasteiger partial charge in [-0.2, -0.15) is 0 Å². The average Bonchev–Trinajstić information content (AvgIpc) is 3.18. The fourth-order valence-corrected chi connectivity index (χ4v) is 8.97.